The highest BCUT2D eigenvalue weighted by Crippen LogP contribution is 2.62. The number of aryl methyl sites for hydroxylation is 2. The maximum atomic E-state index is 10.4. The molecule has 0 radical (unpaired) electrons. The van der Waals surface area contributed by atoms with Crippen molar-refractivity contribution < 1.29 is 5.11 Å². The Morgan fingerprint density at radius 1 is 1.06 bits per heavy atom. The molecule has 2 aliphatic carbocycles. The van der Waals surface area contributed by atoms with Gasteiger partial charge in [-0.2, -0.15) is 0 Å². The van der Waals surface area contributed by atoms with E-state index in [9.17, 15) is 5.11 Å². The Morgan fingerprint density at radius 2 is 1.62 bits per heavy atom. The summed E-state index contributed by atoms with van der Waals surface area (Å²) in [5.41, 5.74) is 3.66. The van der Waals surface area contributed by atoms with Crippen LogP contribution in [0.15, 0.2) is 18.2 Å². The van der Waals surface area contributed by atoms with Crippen LogP contribution < -0.4 is 0 Å². The van der Waals surface area contributed by atoms with Gasteiger partial charge in [-0.1, -0.05) is 35.7 Å². The fraction of sp³-hybridized carbons (Fsp3) is 0.600. The number of rotatable bonds is 2. The molecule has 1 heteroatoms. The fourth-order valence-electron chi connectivity index (χ4n) is 3.75. The summed E-state index contributed by atoms with van der Waals surface area (Å²) in [6.07, 6.45) is 3.86. The number of hydrogen-bond donors (Lipinski definition) is 1. The molecular formula is C15H20O. The Labute approximate surface area is 97.5 Å². The lowest BCUT2D eigenvalue weighted by atomic mass is 9.97. The van der Waals surface area contributed by atoms with Crippen LogP contribution in [0.1, 0.15) is 42.1 Å². The molecular weight excluding hydrogens is 196 g/mol. The van der Waals surface area contributed by atoms with E-state index in [2.05, 4.69) is 32.0 Å². The maximum Gasteiger partial charge on any atom is 0.0823 e. The summed E-state index contributed by atoms with van der Waals surface area (Å²) in [5.74, 6) is 2.22. The molecule has 2 aliphatic rings. The van der Waals surface area contributed by atoms with Gasteiger partial charge >= 0.3 is 0 Å². The van der Waals surface area contributed by atoms with Gasteiger partial charge in [0.25, 0.3) is 0 Å². The van der Waals surface area contributed by atoms with Crippen molar-refractivity contribution in [2.75, 3.05) is 0 Å². The molecule has 16 heavy (non-hydrogen) atoms. The van der Waals surface area contributed by atoms with E-state index >= 15 is 0 Å². The van der Waals surface area contributed by atoms with Crippen LogP contribution in [0.5, 0.6) is 0 Å². The fourth-order valence-corrected chi connectivity index (χ4v) is 3.75. The zero-order valence-electron chi connectivity index (χ0n) is 10.1. The topological polar surface area (TPSA) is 20.2 Å². The molecule has 2 fully saturated rings. The molecule has 0 aliphatic heterocycles. The number of benzene rings is 1. The molecule has 0 bridgehead atoms. The van der Waals surface area contributed by atoms with Gasteiger partial charge < -0.3 is 5.11 Å². The van der Waals surface area contributed by atoms with E-state index in [0.29, 0.717) is 5.92 Å². The van der Waals surface area contributed by atoms with Gasteiger partial charge in [-0.15, -0.1) is 0 Å². The minimum Gasteiger partial charge on any atom is -0.388 e. The highest BCUT2D eigenvalue weighted by atomic mass is 16.3. The number of fused-ring (bicyclic) bond motifs is 1. The molecule has 3 unspecified atom stereocenters. The van der Waals surface area contributed by atoms with Crippen LogP contribution in [0.4, 0.5) is 0 Å². The highest BCUT2D eigenvalue weighted by molar-refractivity contribution is 5.31. The molecule has 0 heterocycles. The molecule has 86 valence electrons. The van der Waals surface area contributed by atoms with Crippen molar-refractivity contribution in [3.05, 3.63) is 34.9 Å². The van der Waals surface area contributed by atoms with E-state index in [1.165, 1.54) is 30.4 Å². The average Bonchev–Trinajstić information content (AvgIpc) is 2.68. The van der Waals surface area contributed by atoms with E-state index in [0.717, 1.165) is 17.4 Å². The Morgan fingerprint density at radius 3 is 2.19 bits per heavy atom. The second kappa shape index (κ2) is 3.59. The van der Waals surface area contributed by atoms with Gasteiger partial charge in [0.05, 0.1) is 6.10 Å². The molecule has 1 N–H and O–H groups in total. The number of hydrogen-bond acceptors (Lipinski definition) is 1. The molecule has 3 atom stereocenters. The van der Waals surface area contributed by atoms with E-state index < -0.39 is 0 Å². The third-order valence-electron chi connectivity index (χ3n) is 4.42. The smallest absolute Gasteiger partial charge is 0.0823 e. The highest BCUT2D eigenvalue weighted by Gasteiger charge is 2.55. The second-order valence-corrected chi connectivity index (χ2v) is 5.70. The molecule has 1 aromatic carbocycles. The van der Waals surface area contributed by atoms with Gasteiger partial charge in [-0.25, -0.2) is 0 Å². The van der Waals surface area contributed by atoms with Crippen molar-refractivity contribution in [3.8, 4) is 0 Å². The van der Waals surface area contributed by atoms with Crippen molar-refractivity contribution in [1.29, 1.82) is 0 Å². The molecule has 0 amide bonds. The molecule has 1 aromatic rings. The van der Waals surface area contributed by atoms with Crippen LogP contribution in [0.3, 0.4) is 0 Å². The van der Waals surface area contributed by atoms with Gasteiger partial charge in [-0.05, 0) is 50.0 Å². The predicted octanol–water partition coefficient (Wildman–Crippen LogP) is 3.38. The van der Waals surface area contributed by atoms with Crippen molar-refractivity contribution >= 4 is 0 Å². The monoisotopic (exact) mass is 216 g/mol. The summed E-state index contributed by atoms with van der Waals surface area (Å²) in [5, 5.41) is 10.4. The summed E-state index contributed by atoms with van der Waals surface area (Å²) in [6.45, 7) is 4.22. The second-order valence-electron chi connectivity index (χ2n) is 5.70. The summed E-state index contributed by atoms with van der Waals surface area (Å²) < 4.78 is 0. The normalized spacial score (nSPS) is 33.6. The van der Waals surface area contributed by atoms with Crippen LogP contribution in [0.2, 0.25) is 0 Å². The Balaban J connectivity index is 1.81. The SMILES string of the molecule is Cc1cc(C)cc(C(O)C2C3CCCC32)c1. The van der Waals surface area contributed by atoms with Crippen molar-refractivity contribution in [2.24, 2.45) is 17.8 Å². The lowest BCUT2D eigenvalue weighted by Gasteiger charge is -2.14. The first-order chi connectivity index (χ1) is 7.66. The number of aliphatic hydroxyl groups is 1. The van der Waals surface area contributed by atoms with Crippen LogP contribution in [-0.4, -0.2) is 5.11 Å². The van der Waals surface area contributed by atoms with E-state index in [1.807, 2.05) is 0 Å². The molecule has 3 rings (SSSR count). The first kappa shape index (κ1) is 10.3. The summed E-state index contributed by atoms with van der Waals surface area (Å²) >= 11 is 0. The molecule has 0 spiro atoms. The van der Waals surface area contributed by atoms with Gasteiger partial charge in [0.15, 0.2) is 0 Å². The largest absolute Gasteiger partial charge is 0.388 e. The third-order valence-corrected chi connectivity index (χ3v) is 4.42. The third kappa shape index (κ3) is 1.58. The minimum atomic E-state index is -0.214. The summed E-state index contributed by atoms with van der Waals surface area (Å²) in [7, 11) is 0. The van der Waals surface area contributed by atoms with Crippen LogP contribution in [-0.2, 0) is 0 Å². The maximum absolute atomic E-state index is 10.4. The van der Waals surface area contributed by atoms with E-state index in [4.69, 9.17) is 0 Å². The van der Waals surface area contributed by atoms with Crippen molar-refractivity contribution in [3.63, 3.8) is 0 Å². The Kier molecular flexibility index (Phi) is 2.32. The quantitative estimate of drug-likeness (QED) is 0.803. The molecule has 0 saturated heterocycles. The van der Waals surface area contributed by atoms with Crippen molar-refractivity contribution in [1.82, 2.24) is 0 Å². The number of aliphatic hydroxyl groups excluding tert-OH is 1. The van der Waals surface area contributed by atoms with Gasteiger partial charge in [-0.3, -0.25) is 0 Å². The van der Waals surface area contributed by atoms with E-state index in [-0.39, 0.29) is 6.10 Å². The summed E-state index contributed by atoms with van der Waals surface area (Å²) in [4.78, 5) is 0. The minimum absolute atomic E-state index is 0.214. The Bertz CT molecular complexity index is 380. The van der Waals surface area contributed by atoms with Crippen molar-refractivity contribution in [2.45, 2.75) is 39.2 Å². The van der Waals surface area contributed by atoms with Crippen LogP contribution >= 0.6 is 0 Å². The standard InChI is InChI=1S/C15H20O/c1-9-6-10(2)8-11(7-9)15(16)14-12-4-3-5-13(12)14/h6-8,12-16H,3-5H2,1-2H3. The molecule has 0 aromatic heterocycles. The van der Waals surface area contributed by atoms with Gasteiger partial charge in [0.1, 0.15) is 0 Å². The Hall–Kier alpha value is -0.820. The predicted molar refractivity (Wildman–Crippen MR) is 65.2 cm³/mol. The first-order valence-electron chi connectivity index (χ1n) is 6.43. The average molecular weight is 216 g/mol. The molecule has 1 nitrogen and oxygen atoms in total. The van der Waals surface area contributed by atoms with Crippen LogP contribution in [0, 0.1) is 31.6 Å². The zero-order chi connectivity index (χ0) is 11.3. The van der Waals surface area contributed by atoms with Gasteiger partial charge in [0.2, 0.25) is 0 Å². The summed E-state index contributed by atoms with van der Waals surface area (Å²) in [6, 6.07) is 6.46. The molecule has 2 saturated carbocycles. The van der Waals surface area contributed by atoms with Crippen LogP contribution in [0.25, 0.3) is 0 Å². The lowest BCUT2D eigenvalue weighted by Crippen LogP contribution is -2.05. The first-order valence-corrected chi connectivity index (χ1v) is 6.43. The van der Waals surface area contributed by atoms with E-state index in [1.54, 1.807) is 0 Å². The van der Waals surface area contributed by atoms with Gasteiger partial charge in [0, 0.05) is 0 Å². The zero-order valence-corrected chi connectivity index (χ0v) is 10.1. The lowest BCUT2D eigenvalue weighted by molar-refractivity contribution is 0.137.